The van der Waals surface area contributed by atoms with Crippen molar-refractivity contribution in [2.75, 3.05) is 7.11 Å². The molecule has 0 saturated heterocycles. The van der Waals surface area contributed by atoms with Crippen LogP contribution < -0.4 is 0 Å². The van der Waals surface area contributed by atoms with E-state index in [0.717, 1.165) is 0 Å². The van der Waals surface area contributed by atoms with E-state index in [1.807, 2.05) is 6.92 Å². The Morgan fingerprint density at radius 2 is 2.38 bits per heavy atom. The molecule has 0 aliphatic rings. The molecule has 0 aliphatic carbocycles. The number of nitrogens with zero attached hydrogens (tertiary/aromatic N) is 1. The topological polar surface area (TPSA) is 55.7 Å². The van der Waals surface area contributed by atoms with Crippen LogP contribution in [0.25, 0.3) is 0 Å². The Bertz CT molecular complexity index is 231. The van der Waals surface area contributed by atoms with Gasteiger partial charge in [-0.3, -0.25) is 0 Å². The first-order valence-electron chi connectivity index (χ1n) is 3.98. The lowest BCUT2D eigenvalue weighted by molar-refractivity contribution is -0.143. The lowest BCUT2D eigenvalue weighted by Gasteiger charge is -2.14. The number of ether oxygens (including phenoxy) is 1. The summed E-state index contributed by atoms with van der Waals surface area (Å²) < 4.78 is 4.49. The van der Waals surface area contributed by atoms with Crippen molar-refractivity contribution in [3.8, 4) is 0 Å². The van der Waals surface area contributed by atoms with Crippen molar-refractivity contribution in [2.24, 2.45) is 10.9 Å². The van der Waals surface area contributed by atoms with Gasteiger partial charge >= 0.3 is 5.97 Å². The maximum absolute atomic E-state index is 11.1. The van der Waals surface area contributed by atoms with E-state index in [1.165, 1.54) is 13.2 Å². The third kappa shape index (κ3) is 3.22. The van der Waals surface area contributed by atoms with Gasteiger partial charge in [-0.1, -0.05) is 13.0 Å². The van der Waals surface area contributed by atoms with Crippen LogP contribution >= 0.6 is 0 Å². The Balaban J connectivity index is 4.66. The number of carbonyl (C=O) groups excluding carboxylic acids is 2. The SMILES string of the molecule is C=CC(CC)C(N=C=O)C(=O)OC. The molecule has 0 rings (SSSR count). The molecule has 4 nitrogen and oxygen atoms in total. The molecule has 72 valence electrons. The summed E-state index contributed by atoms with van der Waals surface area (Å²) in [5.74, 6) is -0.705. The van der Waals surface area contributed by atoms with Crippen molar-refractivity contribution in [3.05, 3.63) is 12.7 Å². The summed E-state index contributed by atoms with van der Waals surface area (Å²) in [5, 5.41) is 0. The van der Waals surface area contributed by atoms with E-state index >= 15 is 0 Å². The van der Waals surface area contributed by atoms with Crippen LogP contribution in [0.4, 0.5) is 0 Å². The maximum atomic E-state index is 11.1. The Morgan fingerprint density at radius 3 is 2.69 bits per heavy atom. The van der Waals surface area contributed by atoms with E-state index in [1.54, 1.807) is 6.08 Å². The van der Waals surface area contributed by atoms with E-state index in [-0.39, 0.29) is 5.92 Å². The smallest absolute Gasteiger partial charge is 0.332 e. The van der Waals surface area contributed by atoms with Gasteiger partial charge in [-0.2, -0.15) is 4.99 Å². The monoisotopic (exact) mass is 183 g/mol. The van der Waals surface area contributed by atoms with Gasteiger partial charge in [0.05, 0.1) is 7.11 Å². The minimum Gasteiger partial charge on any atom is -0.467 e. The largest absolute Gasteiger partial charge is 0.467 e. The van der Waals surface area contributed by atoms with Crippen LogP contribution in [0.2, 0.25) is 0 Å². The third-order valence-corrected chi connectivity index (χ3v) is 1.81. The molecule has 0 N–H and O–H groups in total. The van der Waals surface area contributed by atoms with Crippen molar-refractivity contribution in [2.45, 2.75) is 19.4 Å². The molecule has 0 aromatic carbocycles. The Morgan fingerprint density at radius 1 is 1.77 bits per heavy atom. The molecule has 13 heavy (non-hydrogen) atoms. The summed E-state index contributed by atoms with van der Waals surface area (Å²) in [6.07, 6.45) is 3.62. The van der Waals surface area contributed by atoms with Gasteiger partial charge in [-0.15, -0.1) is 6.58 Å². The van der Waals surface area contributed by atoms with Crippen molar-refractivity contribution in [1.29, 1.82) is 0 Å². The molecule has 0 aromatic rings. The van der Waals surface area contributed by atoms with Crippen LogP contribution in [-0.4, -0.2) is 25.2 Å². The van der Waals surface area contributed by atoms with Gasteiger partial charge < -0.3 is 4.74 Å². The standard InChI is InChI=1S/C9H13NO3/c1-4-7(5-2)8(10-6-11)9(12)13-3/h4,7-8H,1,5H2,2-3H3. The molecule has 0 fully saturated rings. The molecule has 4 heteroatoms. The molecule has 0 heterocycles. The maximum Gasteiger partial charge on any atom is 0.332 e. The number of hydrogen-bond donors (Lipinski definition) is 0. The van der Waals surface area contributed by atoms with E-state index in [9.17, 15) is 9.59 Å². The Kier molecular flexibility index (Phi) is 5.48. The van der Waals surface area contributed by atoms with Gasteiger partial charge in [0.2, 0.25) is 6.08 Å². The van der Waals surface area contributed by atoms with Gasteiger partial charge in [0, 0.05) is 5.92 Å². The highest BCUT2D eigenvalue weighted by Crippen LogP contribution is 2.14. The first-order valence-corrected chi connectivity index (χ1v) is 3.98. The molecule has 0 aliphatic heterocycles. The molecule has 2 unspecified atom stereocenters. The van der Waals surface area contributed by atoms with Crippen molar-refractivity contribution in [3.63, 3.8) is 0 Å². The highest BCUT2D eigenvalue weighted by Gasteiger charge is 2.25. The average molecular weight is 183 g/mol. The lowest BCUT2D eigenvalue weighted by atomic mass is 9.98. The summed E-state index contributed by atoms with van der Waals surface area (Å²) in [7, 11) is 1.26. The van der Waals surface area contributed by atoms with Crippen LogP contribution in [-0.2, 0) is 14.3 Å². The fraction of sp³-hybridized carbons (Fsp3) is 0.556. The second kappa shape index (κ2) is 6.14. The van der Waals surface area contributed by atoms with Gasteiger partial charge in [0.15, 0.2) is 6.04 Å². The predicted molar refractivity (Wildman–Crippen MR) is 47.9 cm³/mol. The lowest BCUT2D eigenvalue weighted by Crippen LogP contribution is -2.27. The number of carbonyl (C=O) groups is 1. The van der Waals surface area contributed by atoms with Crippen LogP contribution in [0.5, 0.6) is 0 Å². The van der Waals surface area contributed by atoms with E-state index in [4.69, 9.17) is 0 Å². The quantitative estimate of drug-likeness (QED) is 0.277. The molecule has 0 bridgehead atoms. The van der Waals surface area contributed by atoms with E-state index in [2.05, 4.69) is 16.3 Å². The minimum atomic E-state index is -0.801. The van der Waals surface area contributed by atoms with Crippen molar-refractivity contribution < 1.29 is 14.3 Å². The molecule has 0 spiro atoms. The summed E-state index contributed by atoms with van der Waals surface area (Å²) in [6, 6.07) is -0.801. The number of isocyanates is 1. The van der Waals surface area contributed by atoms with Gasteiger partial charge in [0.25, 0.3) is 0 Å². The fourth-order valence-corrected chi connectivity index (χ4v) is 1.02. The Labute approximate surface area is 77.3 Å². The summed E-state index contributed by atoms with van der Waals surface area (Å²) in [6.45, 7) is 5.43. The van der Waals surface area contributed by atoms with E-state index in [0.29, 0.717) is 6.42 Å². The number of methoxy groups -OCH3 is 1. The number of aliphatic imine (C=N–C) groups is 1. The molecular formula is C9H13NO3. The van der Waals surface area contributed by atoms with Crippen molar-refractivity contribution in [1.82, 2.24) is 0 Å². The summed E-state index contributed by atoms with van der Waals surface area (Å²) >= 11 is 0. The summed E-state index contributed by atoms with van der Waals surface area (Å²) in [4.78, 5) is 24.5. The van der Waals surface area contributed by atoms with Crippen LogP contribution in [0.3, 0.4) is 0 Å². The first kappa shape index (κ1) is 11.6. The van der Waals surface area contributed by atoms with Gasteiger partial charge in [0.1, 0.15) is 0 Å². The zero-order valence-corrected chi connectivity index (χ0v) is 7.82. The molecule has 0 radical (unpaired) electrons. The molecule has 0 amide bonds. The number of hydrogen-bond acceptors (Lipinski definition) is 4. The molecular weight excluding hydrogens is 170 g/mol. The second-order valence-corrected chi connectivity index (χ2v) is 2.50. The minimum absolute atomic E-state index is 0.172. The van der Waals surface area contributed by atoms with Crippen LogP contribution in [0, 0.1) is 5.92 Å². The number of rotatable bonds is 5. The molecule has 0 saturated carbocycles. The normalized spacial score (nSPS) is 13.7. The molecule has 0 aromatic heterocycles. The van der Waals surface area contributed by atoms with Crippen LogP contribution in [0.15, 0.2) is 17.6 Å². The summed E-state index contributed by atoms with van der Waals surface area (Å²) in [5.41, 5.74) is 0. The third-order valence-electron chi connectivity index (χ3n) is 1.81. The zero-order chi connectivity index (χ0) is 10.3. The predicted octanol–water partition coefficient (Wildman–Crippen LogP) is 1.08. The zero-order valence-electron chi connectivity index (χ0n) is 7.82. The first-order chi connectivity index (χ1) is 6.21. The average Bonchev–Trinajstić information content (AvgIpc) is 2.17. The van der Waals surface area contributed by atoms with Gasteiger partial charge in [-0.25, -0.2) is 9.59 Å². The molecule has 2 atom stereocenters. The van der Waals surface area contributed by atoms with E-state index < -0.39 is 12.0 Å². The fourth-order valence-electron chi connectivity index (χ4n) is 1.02. The second-order valence-electron chi connectivity index (χ2n) is 2.50. The highest BCUT2D eigenvalue weighted by molar-refractivity contribution is 5.77. The van der Waals surface area contributed by atoms with Crippen molar-refractivity contribution >= 4 is 12.0 Å². The Hall–Kier alpha value is -1.41. The number of esters is 1. The highest BCUT2D eigenvalue weighted by atomic mass is 16.5. The van der Waals surface area contributed by atoms with Gasteiger partial charge in [-0.05, 0) is 6.42 Å². The van der Waals surface area contributed by atoms with Crippen LogP contribution in [0.1, 0.15) is 13.3 Å².